The molecule has 0 saturated carbocycles. The molecule has 2 aromatic rings. The summed E-state index contributed by atoms with van der Waals surface area (Å²) in [6.45, 7) is 1.59. The van der Waals surface area contributed by atoms with Gasteiger partial charge >= 0.3 is 0 Å². The molecule has 0 spiro atoms. The van der Waals surface area contributed by atoms with Crippen molar-refractivity contribution >= 4 is 15.7 Å². The number of hydrogen-bond donors (Lipinski definition) is 1. The van der Waals surface area contributed by atoms with Crippen LogP contribution in [0.2, 0.25) is 0 Å². The SMILES string of the molecule is CCS(=O)(=O)Nc1ccncc1-c1ccncc1. The molecule has 2 rings (SSSR count). The Hall–Kier alpha value is -1.95. The van der Waals surface area contributed by atoms with E-state index in [9.17, 15) is 8.42 Å². The van der Waals surface area contributed by atoms with Crippen molar-refractivity contribution in [2.75, 3.05) is 10.5 Å². The first kappa shape index (κ1) is 12.5. The summed E-state index contributed by atoms with van der Waals surface area (Å²) in [7, 11) is -3.30. The monoisotopic (exact) mass is 263 g/mol. The Bertz CT molecular complexity index is 627. The molecule has 5 nitrogen and oxygen atoms in total. The molecule has 94 valence electrons. The van der Waals surface area contributed by atoms with Crippen LogP contribution in [0.25, 0.3) is 11.1 Å². The lowest BCUT2D eigenvalue weighted by Crippen LogP contribution is -2.15. The minimum absolute atomic E-state index is 0.0328. The second-order valence-electron chi connectivity index (χ2n) is 3.66. The highest BCUT2D eigenvalue weighted by Crippen LogP contribution is 2.26. The van der Waals surface area contributed by atoms with E-state index in [-0.39, 0.29) is 5.75 Å². The average molecular weight is 263 g/mol. The molecule has 6 heteroatoms. The minimum Gasteiger partial charge on any atom is -0.283 e. The van der Waals surface area contributed by atoms with E-state index >= 15 is 0 Å². The van der Waals surface area contributed by atoms with Gasteiger partial charge in [0.1, 0.15) is 0 Å². The van der Waals surface area contributed by atoms with Crippen LogP contribution in [0.5, 0.6) is 0 Å². The fraction of sp³-hybridized carbons (Fsp3) is 0.167. The van der Waals surface area contributed by atoms with Crippen LogP contribution in [-0.4, -0.2) is 24.1 Å². The summed E-state index contributed by atoms with van der Waals surface area (Å²) in [6.07, 6.45) is 6.49. The Morgan fingerprint density at radius 3 is 2.44 bits per heavy atom. The van der Waals surface area contributed by atoms with Crippen LogP contribution in [0.15, 0.2) is 43.0 Å². The van der Waals surface area contributed by atoms with Crippen molar-refractivity contribution in [1.29, 1.82) is 0 Å². The van der Waals surface area contributed by atoms with Gasteiger partial charge in [0.05, 0.1) is 11.4 Å². The number of anilines is 1. The molecule has 0 amide bonds. The molecular weight excluding hydrogens is 250 g/mol. The molecule has 0 aliphatic heterocycles. The largest absolute Gasteiger partial charge is 0.283 e. The van der Waals surface area contributed by atoms with Gasteiger partial charge in [0.2, 0.25) is 10.0 Å². The van der Waals surface area contributed by atoms with E-state index in [1.807, 2.05) is 0 Å². The highest BCUT2D eigenvalue weighted by Gasteiger charge is 2.11. The molecule has 1 N–H and O–H groups in total. The zero-order chi connectivity index (χ0) is 13.0. The molecule has 0 aliphatic rings. The summed E-state index contributed by atoms with van der Waals surface area (Å²) in [6, 6.07) is 5.25. The molecule has 0 atom stereocenters. The van der Waals surface area contributed by atoms with E-state index in [1.54, 1.807) is 49.9 Å². The van der Waals surface area contributed by atoms with Crippen LogP contribution in [0.3, 0.4) is 0 Å². The maximum atomic E-state index is 11.6. The Balaban J connectivity index is 2.44. The number of sulfonamides is 1. The van der Waals surface area contributed by atoms with E-state index in [1.165, 1.54) is 0 Å². The van der Waals surface area contributed by atoms with Crippen molar-refractivity contribution < 1.29 is 8.42 Å². The molecule has 0 aliphatic carbocycles. The van der Waals surface area contributed by atoms with E-state index in [0.29, 0.717) is 5.69 Å². The lowest BCUT2D eigenvalue weighted by atomic mass is 10.1. The molecule has 0 saturated heterocycles. The molecule has 2 heterocycles. The first-order valence-electron chi connectivity index (χ1n) is 5.47. The number of nitrogens with zero attached hydrogens (tertiary/aromatic N) is 2. The molecule has 0 unspecified atom stereocenters. The van der Waals surface area contributed by atoms with Gasteiger partial charge in [-0.15, -0.1) is 0 Å². The lowest BCUT2D eigenvalue weighted by Gasteiger charge is -2.10. The second-order valence-corrected chi connectivity index (χ2v) is 5.67. The predicted octanol–water partition coefficient (Wildman–Crippen LogP) is 1.91. The fourth-order valence-electron chi connectivity index (χ4n) is 1.48. The van der Waals surface area contributed by atoms with Crippen LogP contribution >= 0.6 is 0 Å². The number of rotatable bonds is 4. The van der Waals surface area contributed by atoms with Gasteiger partial charge in [-0.05, 0) is 30.7 Å². The van der Waals surface area contributed by atoms with Crippen molar-refractivity contribution in [3.05, 3.63) is 43.0 Å². The normalized spacial score (nSPS) is 11.2. The summed E-state index contributed by atoms with van der Waals surface area (Å²) in [5.41, 5.74) is 2.13. The van der Waals surface area contributed by atoms with E-state index in [2.05, 4.69) is 14.7 Å². The molecule has 2 aromatic heterocycles. The first-order valence-corrected chi connectivity index (χ1v) is 7.12. The third-order valence-electron chi connectivity index (χ3n) is 2.46. The van der Waals surface area contributed by atoms with E-state index in [0.717, 1.165) is 11.1 Å². The van der Waals surface area contributed by atoms with Gasteiger partial charge in [0, 0.05) is 30.4 Å². The average Bonchev–Trinajstić information content (AvgIpc) is 2.40. The molecule has 0 aromatic carbocycles. The van der Waals surface area contributed by atoms with Crippen LogP contribution < -0.4 is 4.72 Å². The van der Waals surface area contributed by atoms with Crippen molar-refractivity contribution in [3.63, 3.8) is 0 Å². The van der Waals surface area contributed by atoms with Gasteiger partial charge in [-0.1, -0.05) is 0 Å². The molecule has 0 fully saturated rings. The molecular formula is C12H13N3O2S. The summed E-state index contributed by atoms with van der Waals surface area (Å²) in [5, 5.41) is 0. The topological polar surface area (TPSA) is 72.0 Å². The Morgan fingerprint density at radius 1 is 1.11 bits per heavy atom. The van der Waals surface area contributed by atoms with Crippen LogP contribution in [0, 0.1) is 0 Å². The summed E-state index contributed by atoms with van der Waals surface area (Å²) in [5.74, 6) is 0.0328. The fourth-order valence-corrected chi connectivity index (χ4v) is 2.14. The standard InChI is InChI=1S/C12H13N3O2S/c1-2-18(16,17)15-12-5-8-14-9-11(12)10-3-6-13-7-4-10/h3-9H,2H2,1H3,(H,14,15). The highest BCUT2D eigenvalue weighted by atomic mass is 32.2. The van der Waals surface area contributed by atoms with Crippen molar-refractivity contribution in [2.45, 2.75) is 6.92 Å². The molecule has 18 heavy (non-hydrogen) atoms. The Morgan fingerprint density at radius 2 is 1.78 bits per heavy atom. The van der Waals surface area contributed by atoms with E-state index in [4.69, 9.17) is 0 Å². The van der Waals surface area contributed by atoms with Crippen molar-refractivity contribution in [1.82, 2.24) is 9.97 Å². The number of hydrogen-bond acceptors (Lipinski definition) is 4. The summed E-state index contributed by atoms with van der Waals surface area (Å²) in [4.78, 5) is 7.95. The number of pyridine rings is 2. The maximum Gasteiger partial charge on any atom is 0.232 e. The van der Waals surface area contributed by atoms with Crippen LogP contribution in [-0.2, 0) is 10.0 Å². The summed E-state index contributed by atoms with van der Waals surface area (Å²) >= 11 is 0. The van der Waals surface area contributed by atoms with Gasteiger partial charge < -0.3 is 0 Å². The van der Waals surface area contributed by atoms with Crippen LogP contribution in [0.1, 0.15) is 6.92 Å². The third-order valence-corrected chi connectivity index (χ3v) is 3.75. The maximum absolute atomic E-state index is 11.6. The molecule has 0 bridgehead atoms. The highest BCUT2D eigenvalue weighted by molar-refractivity contribution is 7.92. The predicted molar refractivity (Wildman–Crippen MR) is 70.6 cm³/mol. The number of aromatic nitrogens is 2. The Labute approximate surface area is 106 Å². The van der Waals surface area contributed by atoms with Crippen LogP contribution in [0.4, 0.5) is 5.69 Å². The Kier molecular flexibility index (Phi) is 3.57. The van der Waals surface area contributed by atoms with Gasteiger partial charge in [-0.25, -0.2) is 8.42 Å². The van der Waals surface area contributed by atoms with Crippen molar-refractivity contribution in [2.24, 2.45) is 0 Å². The number of nitrogens with one attached hydrogen (secondary N) is 1. The minimum atomic E-state index is -3.30. The van der Waals surface area contributed by atoms with Crippen molar-refractivity contribution in [3.8, 4) is 11.1 Å². The van der Waals surface area contributed by atoms with E-state index < -0.39 is 10.0 Å². The summed E-state index contributed by atoms with van der Waals surface area (Å²) < 4.78 is 25.8. The lowest BCUT2D eigenvalue weighted by molar-refractivity contribution is 0.602. The van der Waals surface area contributed by atoms with Gasteiger partial charge in [0.15, 0.2) is 0 Å². The van der Waals surface area contributed by atoms with Gasteiger partial charge in [0.25, 0.3) is 0 Å². The zero-order valence-electron chi connectivity index (χ0n) is 9.87. The van der Waals surface area contributed by atoms with Gasteiger partial charge in [-0.2, -0.15) is 0 Å². The third kappa shape index (κ3) is 2.84. The molecule has 0 radical (unpaired) electrons. The smallest absolute Gasteiger partial charge is 0.232 e. The first-order chi connectivity index (χ1) is 8.62. The quantitative estimate of drug-likeness (QED) is 0.914. The zero-order valence-corrected chi connectivity index (χ0v) is 10.7. The van der Waals surface area contributed by atoms with Gasteiger partial charge in [-0.3, -0.25) is 14.7 Å². The second kappa shape index (κ2) is 5.14.